The number of carbonyl (C=O) groups is 1. The van der Waals surface area contributed by atoms with Gasteiger partial charge in [-0.05, 0) is 36.6 Å². The van der Waals surface area contributed by atoms with E-state index in [4.69, 9.17) is 5.21 Å². The molecule has 0 atom stereocenters. The largest absolute Gasteiger partial charge is 0.386 e. The lowest BCUT2D eigenvalue weighted by Gasteiger charge is -2.07. The van der Waals surface area contributed by atoms with Crippen LogP contribution in [-0.2, 0) is 6.42 Å². The summed E-state index contributed by atoms with van der Waals surface area (Å²) >= 11 is 0. The van der Waals surface area contributed by atoms with Crippen LogP contribution in [0.1, 0.15) is 22.3 Å². The van der Waals surface area contributed by atoms with Gasteiger partial charge in [0.15, 0.2) is 0 Å². The highest BCUT2D eigenvalue weighted by molar-refractivity contribution is 5.95. The first-order valence-corrected chi connectivity index (χ1v) is 7.07. The molecule has 0 aromatic heterocycles. The second-order valence-corrected chi connectivity index (χ2v) is 4.76. The monoisotopic (exact) mass is 297 g/mol. The fraction of sp³-hybridized carbons (Fsp3) is 0.176. The standard InChI is InChI=1S/C17H19N3O2/c1-18-15-10-9-14(17(21)20-22)12-16(15)19-11-5-8-13-6-3-2-4-7-13/h2-4,6-7,9-12,18,22H,5,8H2,1H3,(H,20,21). The van der Waals surface area contributed by atoms with Crippen LogP contribution in [0.3, 0.4) is 0 Å². The smallest absolute Gasteiger partial charge is 0.274 e. The van der Waals surface area contributed by atoms with Crippen molar-refractivity contribution in [2.45, 2.75) is 12.8 Å². The van der Waals surface area contributed by atoms with Crippen LogP contribution in [0.5, 0.6) is 0 Å². The number of aryl methyl sites for hydroxylation is 1. The molecule has 22 heavy (non-hydrogen) atoms. The zero-order valence-electron chi connectivity index (χ0n) is 12.4. The topological polar surface area (TPSA) is 73.7 Å². The number of aliphatic imine (C=N–C) groups is 1. The normalized spacial score (nSPS) is 10.6. The fourth-order valence-corrected chi connectivity index (χ4v) is 2.09. The molecule has 2 rings (SSSR count). The summed E-state index contributed by atoms with van der Waals surface area (Å²) < 4.78 is 0. The second-order valence-electron chi connectivity index (χ2n) is 4.76. The molecule has 5 nitrogen and oxygen atoms in total. The summed E-state index contributed by atoms with van der Waals surface area (Å²) in [4.78, 5) is 15.9. The minimum Gasteiger partial charge on any atom is -0.386 e. The Morgan fingerprint density at radius 3 is 2.68 bits per heavy atom. The van der Waals surface area contributed by atoms with Crippen molar-refractivity contribution in [3.05, 3.63) is 59.7 Å². The molecule has 0 unspecified atom stereocenters. The number of hydroxylamine groups is 1. The number of hydrogen-bond acceptors (Lipinski definition) is 4. The summed E-state index contributed by atoms with van der Waals surface area (Å²) in [5, 5.41) is 11.7. The van der Waals surface area contributed by atoms with Gasteiger partial charge in [0.05, 0.1) is 11.4 Å². The lowest BCUT2D eigenvalue weighted by atomic mass is 10.1. The Hall–Kier alpha value is -2.66. The minimum absolute atomic E-state index is 0.358. The number of nitrogens with one attached hydrogen (secondary N) is 2. The van der Waals surface area contributed by atoms with Crippen LogP contribution < -0.4 is 10.8 Å². The molecule has 5 heteroatoms. The molecule has 0 saturated heterocycles. The zero-order valence-corrected chi connectivity index (χ0v) is 12.4. The van der Waals surface area contributed by atoms with E-state index in [9.17, 15) is 4.79 Å². The number of rotatable bonds is 6. The summed E-state index contributed by atoms with van der Waals surface area (Å²) in [5.74, 6) is -0.552. The Morgan fingerprint density at radius 2 is 2.00 bits per heavy atom. The van der Waals surface area contributed by atoms with Crippen molar-refractivity contribution in [1.29, 1.82) is 0 Å². The summed E-state index contributed by atoms with van der Waals surface area (Å²) in [6.07, 6.45) is 3.56. The van der Waals surface area contributed by atoms with E-state index in [2.05, 4.69) is 22.4 Å². The molecule has 0 spiro atoms. The van der Waals surface area contributed by atoms with E-state index >= 15 is 0 Å². The van der Waals surface area contributed by atoms with Crippen molar-refractivity contribution < 1.29 is 10.0 Å². The Labute approximate surface area is 129 Å². The quantitative estimate of drug-likeness (QED) is 0.435. The average Bonchev–Trinajstić information content (AvgIpc) is 2.58. The Kier molecular flexibility index (Phi) is 5.68. The van der Waals surface area contributed by atoms with Crippen molar-refractivity contribution in [2.24, 2.45) is 4.99 Å². The first-order chi connectivity index (χ1) is 10.7. The molecule has 0 saturated carbocycles. The second kappa shape index (κ2) is 7.95. The van der Waals surface area contributed by atoms with Crippen molar-refractivity contribution in [3.8, 4) is 0 Å². The summed E-state index contributed by atoms with van der Waals surface area (Å²) in [6, 6.07) is 15.2. The molecule has 2 aromatic rings. The van der Waals surface area contributed by atoms with Gasteiger partial charge in [0, 0.05) is 18.8 Å². The van der Waals surface area contributed by atoms with Gasteiger partial charge in [0.1, 0.15) is 0 Å². The number of amides is 1. The predicted octanol–water partition coefficient (Wildman–Crippen LogP) is 3.18. The van der Waals surface area contributed by atoms with Gasteiger partial charge in [-0.25, -0.2) is 5.48 Å². The summed E-state index contributed by atoms with van der Waals surface area (Å²) in [7, 11) is 1.80. The van der Waals surface area contributed by atoms with Crippen molar-refractivity contribution in [2.75, 3.05) is 12.4 Å². The number of carbonyl (C=O) groups excluding carboxylic acids is 1. The van der Waals surface area contributed by atoms with Crippen LogP contribution in [0.4, 0.5) is 11.4 Å². The molecule has 0 aliphatic heterocycles. The van der Waals surface area contributed by atoms with Gasteiger partial charge in [-0.3, -0.25) is 15.0 Å². The van der Waals surface area contributed by atoms with Crippen LogP contribution in [0, 0.1) is 0 Å². The number of nitrogens with zero attached hydrogens (tertiary/aromatic N) is 1. The molecule has 0 fully saturated rings. The van der Waals surface area contributed by atoms with E-state index in [-0.39, 0.29) is 0 Å². The maximum atomic E-state index is 11.4. The third kappa shape index (κ3) is 4.17. The van der Waals surface area contributed by atoms with Gasteiger partial charge in [0.2, 0.25) is 0 Å². The van der Waals surface area contributed by atoms with Crippen molar-refractivity contribution in [3.63, 3.8) is 0 Å². The van der Waals surface area contributed by atoms with Crippen LogP contribution in [0.25, 0.3) is 0 Å². The van der Waals surface area contributed by atoms with E-state index in [1.807, 2.05) is 24.4 Å². The van der Waals surface area contributed by atoms with E-state index < -0.39 is 5.91 Å². The van der Waals surface area contributed by atoms with Crippen LogP contribution in [-0.4, -0.2) is 24.4 Å². The average molecular weight is 297 g/mol. The molecule has 0 aliphatic rings. The lowest BCUT2D eigenvalue weighted by molar-refractivity contribution is 0.0706. The van der Waals surface area contributed by atoms with E-state index in [1.54, 1.807) is 30.7 Å². The predicted molar refractivity (Wildman–Crippen MR) is 88.2 cm³/mol. The SMILES string of the molecule is CNc1ccc(C(=O)NO)cc1N=CCCc1ccccc1. The fourth-order valence-electron chi connectivity index (χ4n) is 2.09. The zero-order chi connectivity index (χ0) is 15.8. The van der Waals surface area contributed by atoms with Gasteiger partial charge in [-0.15, -0.1) is 0 Å². The van der Waals surface area contributed by atoms with Crippen LogP contribution >= 0.6 is 0 Å². The highest BCUT2D eigenvalue weighted by atomic mass is 16.5. The first kappa shape index (κ1) is 15.7. The maximum absolute atomic E-state index is 11.4. The van der Waals surface area contributed by atoms with Gasteiger partial charge < -0.3 is 5.32 Å². The molecule has 1 amide bonds. The molecule has 0 radical (unpaired) electrons. The van der Waals surface area contributed by atoms with Gasteiger partial charge in [0.25, 0.3) is 5.91 Å². The molecular weight excluding hydrogens is 278 g/mol. The van der Waals surface area contributed by atoms with Gasteiger partial charge in [-0.2, -0.15) is 0 Å². The lowest BCUT2D eigenvalue weighted by Crippen LogP contribution is -2.18. The minimum atomic E-state index is -0.552. The summed E-state index contributed by atoms with van der Waals surface area (Å²) in [5.41, 5.74) is 4.73. The van der Waals surface area contributed by atoms with Gasteiger partial charge in [-0.1, -0.05) is 30.3 Å². The van der Waals surface area contributed by atoms with Crippen LogP contribution in [0.2, 0.25) is 0 Å². The third-order valence-corrected chi connectivity index (χ3v) is 3.27. The molecule has 114 valence electrons. The van der Waals surface area contributed by atoms with E-state index in [0.717, 1.165) is 18.5 Å². The Bertz CT molecular complexity index is 654. The first-order valence-electron chi connectivity index (χ1n) is 7.07. The molecule has 0 aliphatic carbocycles. The molecule has 3 N–H and O–H groups in total. The third-order valence-electron chi connectivity index (χ3n) is 3.27. The van der Waals surface area contributed by atoms with E-state index in [0.29, 0.717) is 11.3 Å². The molecule has 2 aromatic carbocycles. The number of benzene rings is 2. The number of hydrogen-bond donors (Lipinski definition) is 3. The molecular formula is C17H19N3O2. The van der Waals surface area contributed by atoms with Crippen molar-refractivity contribution in [1.82, 2.24) is 5.48 Å². The van der Waals surface area contributed by atoms with Crippen LogP contribution in [0.15, 0.2) is 53.5 Å². The number of anilines is 1. The Morgan fingerprint density at radius 1 is 1.23 bits per heavy atom. The summed E-state index contributed by atoms with van der Waals surface area (Å²) in [6.45, 7) is 0. The Balaban J connectivity index is 2.06. The van der Waals surface area contributed by atoms with E-state index in [1.165, 1.54) is 5.56 Å². The van der Waals surface area contributed by atoms with Gasteiger partial charge >= 0.3 is 0 Å². The molecule has 0 heterocycles. The maximum Gasteiger partial charge on any atom is 0.274 e. The highest BCUT2D eigenvalue weighted by Gasteiger charge is 2.07. The van der Waals surface area contributed by atoms with Crippen molar-refractivity contribution >= 4 is 23.5 Å². The highest BCUT2D eigenvalue weighted by Crippen LogP contribution is 2.25. The molecule has 0 bridgehead atoms.